The zero-order valence-electron chi connectivity index (χ0n) is 13.3. The second kappa shape index (κ2) is 5.58. The number of aldehydes is 3. The van der Waals surface area contributed by atoms with Crippen molar-refractivity contribution < 1.29 is 14.4 Å². The van der Waals surface area contributed by atoms with Crippen molar-refractivity contribution in [3.05, 3.63) is 58.1 Å². The maximum atomic E-state index is 11.6. The van der Waals surface area contributed by atoms with E-state index in [0.29, 0.717) is 16.7 Å². The summed E-state index contributed by atoms with van der Waals surface area (Å²) in [5, 5.41) is 0. The van der Waals surface area contributed by atoms with Crippen LogP contribution in [0.15, 0.2) is 30.3 Å². The van der Waals surface area contributed by atoms with Crippen LogP contribution >= 0.6 is 0 Å². The van der Waals surface area contributed by atoms with Crippen LogP contribution in [-0.2, 0) is 5.41 Å². The molecule has 0 saturated carbocycles. The summed E-state index contributed by atoms with van der Waals surface area (Å²) in [6, 6.07) is 9.14. The molecule has 2 aromatic carbocycles. The minimum atomic E-state index is -0.263. The Balaban J connectivity index is 2.45. The van der Waals surface area contributed by atoms with Crippen molar-refractivity contribution in [2.75, 3.05) is 0 Å². The van der Waals surface area contributed by atoms with E-state index in [2.05, 4.69) is 13.8 Å². The lowest BCUT2D eigenvalue weighted by molar-refractivity contribution is 0.111. The van der Waals surface area contributed by atoms with Gasteiger partial charge in [-0.3, -0.25) is 14.4 Å². The first-order valence-corrected chi connectivity index (χ1v) is 7.84. The molecule has 0 aromatic heterocycles. The van der Waals surface area contributed by atoms with Crippen molar-refractivity contribution in [2.24, 2.45) is 0 Å². The van der Waals surface area contributed by atoms with Crippen LogP contribution in [-0.4, -0.2) is 18.9 Å². The molecule has 0 atom stereocenters. The molecule has 0 N–H and O–H groups in total. The third-order valence-corrected chi connectivity index (χ3v) is 5.14. The summed E-state index contributed by atoms with van der Waals surface area (Å²) < 4.78 is 0. The summed E-state index contributed by atoms with van der Waals surface area (Å²) in [4.78, 5) is 34.0. The second-order valence-corrected chi connectivity index (χ2v) is 5.98. The average molecular weight is 306 g/mol. The maximum Gasteiger partial charge on any atom is 0.150 e. The Morgan fingerprint density at radius 2 is 1.48 bits per heavy atom. The van der Waals surface area contributed by atoms with Crippen LogP contribution in [0.4, 0.5) is 0 Å². The molecule has 2 aromatic rings. The summed E-state index contributed by atoms with van der Waals surface area (Å²) in [5.41, 5.74) is 5.41. The van der Waals surface area contributed by atoms with Crippen molar-refractivity contribution in [1.29, 1.82) is 0 Å². The zero-order valence-corrected chi connectivity index (χ0v) is 13.3. The van der Waals surface area contributed by atoms with Gasteiger partial charge in [0.2, 0.25) is 0 Å². The van der Waals surface area contributed by atoms with Crippen LogP contribution in [0.2, 0.25) is 0 Å². The predicted molar refractivity (Wildman–Crippen MR) is 89.4 cm³/mol. The Hall–Kier alpha value is -2.55. The molecule has 3 heteroatoms. The van der Waals surface area contributed by atoms with Gasteiger partial charge in [0, 0.05) is 22.1 Å². The highest BCUT2D eigenvalue weighted by Crippen LogP contribution is 2.53. The number of carbonyl (C=O) groups is 3. The van der Waals surface area contributed by atoms with Gasteiger partial charge in [0.1, 0.15) is 12.6 Å². The fraction of sp³-hybridized carbons (Fsp3) is 0.250. The quantitative estimate of drug-likeness (QED) is 0.777. The van der Waals surface area contributed by atoms with Gasteiger partial charge in [-0.1, -0.05) is 26.0 Å². The van der Waals surface area contributed by atoms with Gasteiger partial charge < -0.3 is 0 Å². The predicted octanol–water partition coefficient (Wildman–Crippen LogP) is 4.21. The highest BCUT2D eigenvalue weighted by molar-refractivity contribution is 5.97. The number of hydrogen-bond donors (Lipinski definition) is 0. The molecule has 116 valence electrons. The summed E-state index contributed by atoms with van der Waals surface area (Å²) in [5.74, 6) is 0. The highest BCUT2D eigenvalue weighted by atomic mass is 16.1. The Bertz CT molecular complexity index is 814. The van der Waals surface area contributed by atoms with Crippen molar-refractivity contribution in [3.8, 4) is 11.1 Å². The van der Waals surface area contributed by atoms with Crippen LogP contribution in [0.25, 0.3) is 11.1 Å². The summed E-state index contributed by atoms with van der Waals surface area (Å²) in [7, 11) is 0. The SMILES string of the molecule is CCC1(CC)c2cc(C=O)ccc2-c2c(C=O)cc(C=O)cc21. The van der Waals surface area contributed by atoms with Gasteiger partial charge in [-0.15, -0.1) is 0 Å². The van der Waals surface area contributed by atoms with Gasteiger partial charge in [0.25, 0.3) is 0 Å². The van der Waals surface area contributed by atoms with Crippen molar-refractivity contribution in [3.63, 3.8) is 0 Å². The van der Waals surface area contributed by atoms with Gasteiger partial charge in [-0.2, -0.15) is 0 Å². The van der Waals surface area contributed by atoms with E-state index < -0.39 is 0 Å². The lowest BCUT2D eigenvalue weighted by atomic mass is 9.73. The molecule has 0 amide bonds. The number of fused-ring (bicyclic) bond motifs is 3. The number of rotatable bonds is 5. The summed E-state index contributed by atoms with van der Waals surface area (Å²) >= 11 is 0. The molecular formula is C20H18O3. The molecule has 0 saturated heterocycles. The minimum absolute atomic E-state index is 0.263. The van der Waals surface area contributed by atoms with Gasteiger partial charge in [0.05, 0.1) is 0 Å². The number of hydrogen-bond acceptors (Lipinski definition) is 3. The molecule has 3 nitrogen and oxygen atoms in total. The summed E-state index contributed by atoms with van der Waals surface area (Å²) in [6.45, 7) is 4.20. The van der Waals surface area contributed by atoms with Gasteiger partial charge in [-0.05, 0) is 53.3 Å². The van der Waals surface area contributed by atoms with Crippen LogP contribution in [0.1, 0.15) is 68.9 Å². The minimum Gasteiger partial charge on any atom is -0.298 e. The smallest absolute Gasteiger partial charge is 0.150 e. The largest absolute Gasteiger partial charge is 0.298 e. The lowest BCUT2D eigenvalue weighted by Crippen LogP contribution is -2.23. The van der Waals surface area contributed by atoms with E-state index in [1.807, 2.05) is 18.2 Å². The van der Waals surface area contributed by atoms with Crippen molar-refractivity contribution in [1.82, 2.24) is 0 Å². The normalized spacial score (nSPS) is 14.0. The lowest BCUT2D eigenvalue weighted by Gasteiger charge is -2.30. The van der Waals surface area contributed by atoms with E-state index >= 15 is 0 Å². The van der Waals surface area contributed by atoms with Gasteiger partial charge in [-0.25, -0.2) is 0 Å². The standard InChI is InChI=1S/C20H18O3/c1-3-20(4-2)17-8-13(10-21)5-6-16(17)19-15(12-23)7-14(11-22)9-18(19)20/h5-12H,3-4H2,1-2H3. The molecule has 1 aliphatic carbocycles. The monoisotopic (exact) mass is 306 g/mol. The average Bonchev–Trinajstić information content (AvgIpc) is 2.89. The molecule has 0 fully saturated rings. The molecule has 0 radical (unpaired) electrons. The topological polar surface area (TPSA) is 51.2 Å². The fourth-order valence-corrected chi connectivity index (χ4v) is 3.93. The van der Waals surface area contributed by atoms with Gasteiger partial charge >= 0.3 is 0 Å². The summed E-state index contributed by atoms with van der Waals surface area (Å²) in [6.07, 6.45) is 4.11. The molecule has 0 unspecified atom stereocenters. The van der Waals surface area contributed by atoms with E-state index in [4.69, 9.17) is 0 Å². The van der Waals surface area contributed by atoms with Crippen molar-refractivity contribution >= 4 is 18.9 Å². The first-order valence-electron chi connectivity index (χ1n) is 7.84. The first-order chi connectivity index (χ1) is 11.1. The van der Waals surface area contributed by atoms with E-state index in [9.17, 15) is 14.4 Å². The third-order valence-electron chi connectivity index (χ3n) is 5.14. The van der Waals surface area contributed by atoms with Crippen LogP contribution < -0.4 is 0 Å². The fourth-order valence-electron chi connectivity index (χ4n) is 3.93. The zero-order chi connectivity index (χ0) is 16.6. The van der Waals surface area contributed by atoms with Gasteiger partial charge in [0.15, 0.2) is 6.29 Å². The molecule has 0 bridgehead atoms. The molecular weight excluding hydrogens is 288 g/mol. The van der Waals surface area contributed by atoms with E-state index in [-0.39, 0.29) is 5.41 Å². The van der Waals surface area contributed by atoms with E-state index in [0.717, 1.165) is 54.0 Å². The van der Waals surface area contributed by atoms with Crippen LogP contribution in [0, 0.1) is 0 Å². The second-order valence-electron chi connectivity index (χ2n) is 5.98. The Labute approximate surface area is 135 Å². The molecule has 0 aliphatic heterocycles. The Kier molecular flexibility index (Phi) is 3.72. The van der Waals surface area contributed by atoms with Crippen LogP contribution in [0.3, 0.4) is 0 Å². The molecule has 3 rings (SSSR count). The number of benzene rings is 2. The van der Waals surface area contributed by atoms with E-state index in [1.54, 1.807) is 12.1 Å². The molecule has 1 aliphatic rings. The highest BCUT2D eigenvalue weighted by Gasteiger charge is 2.41. The third kappa shape index (κ3) is 2.00. The molecule has 0 spiro atoms. The first kappa shape index (κ1) is 15.3. The Morgan fingerprint density at radius 3 is 2.04 bits per heavy atom. The van der Waals surface area contributed by atoms with E-state index in [1.165, 1.54) is 0 Å². The Morgan fingerprint density at radius 1 is 0.826 bits per heavy atom. The maximum absolute atomic E-state index is 11.6. The number of carbonyl (C=O) groups excluding carboxylic acids is 3. The molecule has 23 heavy (non-hydrogen) atoms. The van der Waals surface area contributed by atoms with Crippen LogP contribution in [0.5, 0.6) is 0 Å². The van der Waals surface area contributed by atoms with Crippen molar-refractivity contribution in [2.45, 2.75) is 32.1 Å². The molecule has 0 heterocycles.